The van der Waals surface area contributed by atoms with E-state index in [1.165, 1.54) is 0 Å². The highest BCUT2D eigenvalue weighted by Gasteiger charge is 2.27. The van der Waals surface area contributed by atoms with E-state index in [4.69, 9.17) is 4.74 Å². The Balaban J connectivity index is 2.55. The fourth-order valence-electron chi connectivity index (χ4n) is 1.63. The van der Waals surface area contributed by atoms with E-state index < -0.39 is 25.2 Å². The van der Waals surface area contributed by atoms with Gasteiger partial charge in [-0.3, -0.25) is 4.79 Å². The van der Waals surface area contributed by atoms with E-state index in [0.29, 0.717) is 5.75 Å². The highest BCUT2D eigenvalue weighted by atomic mass is 19.4. The van der Waals surface area contributed by atoms with Gasteiger partial charge >= 0.3 is 6.18 Å². The Labute approximate surface area is 116 Å². The molecule has 0 aliphatic carbocycles. The highest BCUT2D eigenvalue weighted by molar-refractivity contribution is 5.77. The number of para-hydroxylation sites is 1. The molecule has 3 nitrogen and oxygen atoms in total. The first-order valence-corrected chi connectivity index (χ1v) is 6.38. The van der Waals surface area contributed by atoms with Crippen LogP contribution in [0.2, 0.25) is 0 Å². The molecule has 1 N–H and O–H groups in total. The highest BCUT2D eigenvalue weighted by Crippen LogP contribution is 2.28. The summed E-state index contributed by atoms with van der Waals surface area (Å²) in [6.07, 6.45) is -3.51. The molecule has 20 heavy (non-hydrogen) atoms. The van der Waals surface area contributed by atoms with Gasteiger partial charge in [-0.15, -0.1) is 0 Å². The van der Waals surface area contributed by atoms with Crippen LogP contribution in [-0.4, -0.2) is 25.2 Å². The zero-order chi connectivity index (χ0) is 15.2. The largest absolute Gasteiger partial charge is 0.483 e. The molecule has 0 fully saturated rings. The van der Waals surface area contributed by atoms with Gasteiger partial charge in [-0.05, 0) is 24.0 Å². The van der Waals surface area contributed by atoms with Crippen molar-refractivity contribution in [2.24, 2.45) is 0 Å². The molecule has 1 rings (SSSR count). The number of carbonyl (C=O) groups excluding carboxylic acids is 1. The first kappa shape index (κ1) is 16.3. The average Bonchev–Trinajstić information content (AvgIpc) is 2.41. The minimum absolute atomic E-state index is 0.254. The molecule has 1 aromatic carbocycles. The molecule has 1 unspecified atom stereocenters. The van der Waals surface area contributed by atoms with Crippen LogP contribution >= 0.6 is 0 Å². The molecule has 0 spiro atoms. The van der Waals surface area contributed by atoms with Crippen LogP contribution in [0.3, 0.4) is 0 Å². The van der Waals surface area contributed by atoms with Crippen LogP contribution in [0.4, 0.5) is 13.2 Å². The molecular weight excluding hydrogens is 271 g/mol. The first-order valence-electron chi connectivity index (χ1n) is 6.38. The molecule has 0 saturated heterocycles. The van der Waals surface area contributed by atoms with Crippen LogP contribution in [0.15, 0.2) is 24.3 Å². The van der Waals surface area contributed by atoms with Crippen molar-refractivity contribution in [3.63, 3.8) is 0 Å². The van der Waals surface area contributed by atoms with Gasteiger partial charge in [0.1, 0.15) is 12.3 Å². The molecule has 0 aliphatic rings. The van der Waals surface area contributed by atoms with Gasteiger partial charge in [-0.2, -0.15) is 13.2 Å². The Morgan fingerprint density at radius 3 is 2.60 bits per heavy atom. The minimum atomic E-state index is -4.41. The van der Waals surface area contributed by atoms with Crippen LogP contribution in [0.25, 0.3) is 0 Å². The van der Waals surface area contributed by atoms with Crippen molar-refractivity contribution in [1.82, 2.24) is 5.32 Å². The van der Waals surface area contributed by atoms with E-state index in [2.05, 4.69) is 0 Å². The molecule has 1 aromatic rings. The molecule has 1 amide bonds. The van der Waals surface area contributed by atoms with Gasteiger partial charge in [0.2, 0.25) is 0 Å². The maximum absolute atomic E-state index is 11.9. The van der Waals surface area contributed by atoms with Gasteiger partial charge in [0.25, 0.3) is 5.91 Å². The first-order chi connectivity index (χ1) is 9.33. The van der Waals surface area contributed by atoms with Gasteiger partial charge in [-0.1, -0.05) is 32.0 Å². The lowest BCUT2D eigenvalue weighted by atomic mass is 9.98. The van der Waals surface area contributed by atoms with Crippen LogP contribution in [0.1, 0.15) is 31.7 Å². The molecular formula is C14H18F3NO2. The van der Waals surface area contributed by atoms with Crippen molar-refractivity contribution in [2.45, 2.75) is 32.4 Å². The standard InChI is InChI=1S/C14H18F3NO2/c1-3-10(2)11-6-4-5-7-12(11)20-8-13(19)18-9-14(15,16)17/h4-7,10H,3,8-9H2,1-2H3,(H,18,19). The molecule has 0 aromatic heterocycles. The van der Waals surface area contributed by atoms with Gasteiger partial charge in [0.05, 0.1) is 0 Å². The van der Waals surface area contributed by atoms with Crippen molar-refractivity contribution >= 4 is 5.91 Å². The number of amides is 1. The number of halogens is 3. The molecule has 112 valence electrons. The molecule has 0 heterocycles. The van der Waals surface area contributed by atoms with E-state index in [9.17, 15) is 18.0 Å². The number of rotatable bonds is 6. The van der Waals surface area contributed by atoms with Crippen molar-refractivity contribution in [3.8, 4) is 5.75 Å². The summed E-state index contributed by atoms with van der Waals surface area (Å²) in [5.74, 6) is -0.00488. The molecule has 0 bridgehead atoms. The quantitative estimate of drug-likeness (QED) is 0.873. The zero-order valence-electron chi connectivity index (χ0n) is 11.5. The lowest BCUT2D eigenvalue weighted by molar-refractivity contribution is -0.139. The smallest absolute Gasteiger partial charge is 0.405 e. The number of alkyl halides is 3. The summed E-state index contributed by atoms with van der Waals surface area (Å²) < 4.78 is 41.1. The summed E-state index contributed by atoms with van der Waals surface area (Å²) in [6, 6.07) is 7.21. The van der Waals surface area contributed by atoms with Gasteiger partial charge < -0.3 is 10.1 Å². The molecule has 0 saturated carbocycles. The van der Waals surface area contributed by atoms with Gasteiger partial charge in [-0.25, -0.2) is 0 Å². The van der Waals surface area contributed by atoms with E-state index in [0.717, 1.165) is 12.0 Å². The van der Waals surface area contributed by atoms with E-state index in [-0.39, 0.29) is 5.92 Å². The third kappa shape index (κ3) is 5.50. The zero-order valence-corrected chi connectivity index (χ0v) is 11.5. The number of hydrogen-bond acceptors (Lipinski definition) is 2. The second-order valence-corrected chi connectivity index (χ2v) is 4.53. The van der Waals surface area contributed by atoms with Crippen molar-refractivity contribution in [1.29, 1.82) is 0 Å². The normalized spacial score (nSPS) is 12.8. The van der Waals surface area contributed by atoms with Crippen LogP contribution in [-0.2, 0) is 4.79 Å². The third-order valence-electron chi connectivity index (χ3n) is 2.91. The second-order valence-electron chi connectivity index (χ2n) is 4.53. The topological polar surface area (TPSA) is 38.3 Å². The maximum Gasteiger partial charge on any atom is 0.405 e. The number of benzene rings is 1. The van der Waals surface area contributed by atoms with Crippen LogP contribution in [0, 0.1) is 0 Å². The summed E-state index contributed by atoms with van der Waals surface area (Å²) in [5, 5.41) is 1.77. The second kappa shape index (κ2) is 7.17. The predicted octanol–water partition coefficient (Wildman–Crippen LogP) is 3.26. The van der Waals surface area contributed by atoms with Crippen molar-refractivity contribution < 1.29 is 22.7 Å². The van der Waals surface area contributed by atoms with Gasteiger partial charge in [0.15, 0.2) is 6.61 Å². The predicted molar refractivity (Wildman–Crippen MR) is 69.7 cm³/mol. The summed E-state index contributed by atoms with van der Waals surface area (Å²) in [7, 11) is 0. The third-order valence-corrected chi connectivity index (χ3v) is 2.91. The Morgan fingerprint density at radius 1 is 1.35 bits per heavy atom. The monoisotopic (exact) mass is 289 g/mol. The Hall–Kier alpha value is -1.72. The van der Waals surface area contributed by atoms with Crippen molar-refractivity contribution in [2.75, 3.05) is 13.2 Å². The Bertz CT molecular complexity index is 446. The lowest BCUT2D eigenvalue weighted by Gasteiger charge is -2.15. The summed E-state index contributed by atoms with van der Waals surface area (Å²) in [5.41, 5.74) is 0.943. The summed E-state index contributed by atoms with van der Waals surface area (Å²) in [4.78, 5) is 11.3. The minimum Gasteiger partial charge on any atom is -0.483 e. The Morgan fingerprint density at radius 2 is 2.00 bits per heavy atom. The molecule has 6 heteroatoms. The summed E-state index contributed by atoms with van der Waals surface area (Å²) in [6.45, 7) is 2.27. The molecule has 0 radical (unpaired) electrons. The van der Waals surface area contributed by atoms with Gasteiger partial charge in [0, 0.05) is 0 Å². The maximum atomic E-state index is 11.9. The number of hydrogen-bond donors (Lipinski definition) is 1. The molecule has 1 atom stereocenters. The van der Waals surface area contributed by atoms with Crippen molar-refractivity contribution in [3.05, 3.63) is 29.8 Å². The Kier molecular flexibility index (Phi) is 5.85. The summed E-state index contributed by atoms with van der Waals surface area (Å²) >= 11 is 0. The van der Waals surface area contributed by atoms with E-state index >= 15 is 0 Å². The lowest BCUT2D eigenvalue weighted by Crippen LogP contribution is -2.36. The number of carbonyl (C=O) groups is 1. The SMILES string of the molecule is CCC(C)c1ccccc1OCC(=O)NCC(F)(F)F. The van der Waals surface area contributed by atoms with Crippen LogP contribution < -0.4 is 10.1 Å². The van der Waals surface area contributed by atoms with E-state index in [1.54, 1.807) is 17.4 Å². The average molecular weight is 289 g/mol. The fraction of sp³-hybridized carbons (Fsp3) is 0.500. The number of ether oxygens (including phenoxy) is 1. The molecule has 0 aliphatic heterocycles. The fourth-order valence-corrected chi connectivity index (χ4v) is 1.63. The number of nitrogens with one attached hydrogen (secondary N) is 1. The van der Waals surface area contributed by atoms with Crippen LogP contribution in [0.5, 0.6) is 5.75 Å². The van der Waals surface area contributed by atoms with E-state index in [1.807, 2.05) is 26.0 Å².